The molecule has 0 amide bonds. The Balaban J connectivity index is 1.60. The maximum absolute atomic E-state index is 2.94. The number of likely N-dealkylation sites (tertiary alicyclic amines) is 3. The Kier molecular flexibility index (Phi) is 9.05. The minimum absolute atomic E-state index is 0.390. The molecule has 0 spiro atoms. The number of hydrogen-bond acceptors (Lipinski definition) is 3. The summed E-state index contributed by atoms with van der Waals surface area (Å²) in [7, 11) is 0. The molecule has 3 saturated heterocycles. The summed E-state index contributed by atoms with van der Waals surface area (Å²) in [5.74, 6) is 0. The molecule has 0 aromatic rings. The quantitative estimate of drug-likeness (QED) is 0.345. The summed E-state index contributed by atoms with van der Waals surface area (Å²) in [6.45, 7) is 29.0. The fourth-order valence-electron chi connectivity index (χ4n) is 8.11. The minimum Gasteiger partial charge on any atom is -0.300 e. The second-order valence-corrected chi connectivity index (χ2v) is 14.4. The second-order valence-electron chi connectivity index (χ2n) is 14.4. The molecule has 0 radical (unpaired) electrons. The van der Waals surface area contributed by atoms with E-state index < -0.39 is 0 Å². The molecule has 4 unspecified atom stereocenters. The van der Waals surface area contributed by atoms with E-state index in [1.807, 2.05) is 0 Å². The lowest BCUT2D eigenvalue weighted by atomic mass is 9.75. The fourth-order valence-corrected chi connectivity index (χ4v) is 8.11. The lowest BCUT2D eigenvalue weighted by molar-refractivity contribution is 0.0342. The smallest absolute Gasteiger partial charge is 0.0150 e. The van der Waals surface area contributed by atoms with Gasteiger partial charge >= 0.3 is 0 Å². The van der Waals surface area contributed by atoms with E-state index in [0.29, 0.717) is 22.3 Å². The SMILES string of the molecule is CCCN1CCCC1C(C)(C)CC(C)N1CCCC1C(C)(C)CCN1CCCC1C(C)(C)C. The van der Waals surface area contributed by atoms with Crippen LogP contribution in [0.15, 0.2) is 0 Å². The third-order valence-electron chi connectivity index (χ3n) is 9.77. The van der Waals surface area contributed by atoms with Gasteiger partial charge in [-0.15, -0.1) is 0 Å². The minimum atomic E-state index is 0.390. The molecule has 0 aromatic heterocycles. The van der Waals surface area contributed by atoms with Crippen molar-refractivity contribution in [3.8, 4) is 0 Å². The molecular weight excluding hydrogens is 402 g/mol. The molecule has 3 fully saturated rings. The average Bonchev–Trinajstić information content (AvgIpc) is 3.45. The molecule has 0 aromatic carbocycles. The summed E-state index contributed by atoms with van der Waals surface area (Å²) in [5, 5.41) is 0. The van der Waals surface area contributed by atoms with Gasteiger partial charge in [0.1, 0.15) is 0 Å². The largest absolute Gasteiger partial charge is 0.300 e. The lowest BCUT2D eigenvalue weighted by Crippen LogP contribution is -2.50. The van der Waals surface area contributed by atoms with Gasteiger partial charge in [-0.25, -0.2) is 0 Å². The highest BCUT2D eigenvalue weighted by Crippen LogP contribution is 2.43. The predicted molar refractivity (Wildman–Crippen MR) is 145 cm³/mol. The highest BCUT2D eigenvalue weighted by molar-refractivity contribution is 4.98. The monoisotopic (exact) mass is 461 g/mol. The summed E-state index contributed by atoms with van der Waals surface area (Å²) in [6, 6.07) is 2.97. The zero-order chi connectivity index (χ0) is 24.4. The van der Waals surface area contributed by atoms with Crippen LogP contribution in [0.3, 0.4) is 0 Å². The van der Waals surface area contributed by atoms with Crippen LogP contribution >= 0.6 is 0 Å². The van der Waals surface area contributed by atoms with E-state index in [1.54, 1.807) is 0 Å². The van der Waals surface area contributed by atoms with Crippen LogP contribution in [0.5, 0.6) is 0 Å². The first-order chi connectivity index (χ1) is 15.4. The number of rotatable bonds is 10. The van der Waals surface area contributed by atoms with Crippen LogP contribution in [0.2, 0.25) is 0 Å². The van der Waals surface area contributed by atoms with Gasteiger partial charge < -0.3 is 0 Å². The van der Waals surface area contributed by atoms with E-state index in [4.69, 9.17) is 0 Å². The highest BCUT2D eigenvalue weighted by Gasteiger charge is 2.44. The predicted octanol–water partition coefficient (Wildman–Crippen LogP) is 7.06. The van der Waals surface area contributed by atoms with Gasteiger partial charge in [-0.3, -0.25) is 14.7 Å². The van der Waals surface area contributed by atoms with Gasteiger partial charge in [0.15, 0.2) is 0 Å². The van der Waals surface area contributed by atoms with E-state index >= 15 is 0 Å². The van der Waals surface area contributed by atoms with Gasteiger partial charge in [-0.2, -0.15) is 0 Å². The first-order valence-electron chi connectivity index (χ1n) is 14.6. The maximum atomic E-state index is 2.94. The molecule has 3 aliphatic heterocycles. The van der Waals surface area contributed by atoms with Crippen LogP contribution in [0, 0.1) is 16.2 Å². The Bertz CT molecular complexity index is 604. The van der Waals surface area contributed by atoms with Crippen molar-refractivity contribution in [1.29, 1.82) is 0 Å². The maximum Gasteiger partial charge on any atom is 0.0150 e. The second kappa shape index (κ2) is 10.9. The van der Waals surface area contributed by atoms with Crippen LogP contribution in [-0.4, -0.2) is 71.6 Å². The Morgan fingerprint density at radius 1 is 0.697 bits per heavy atom. The molecular formula is C30H59N3. The summed E-state index contributed by atoms with van der Waals surface area (Å²) in [6.07, 6.45) is 12.3. The zero-order valence-corrected chi connectivity index (χ0v) is 24.1. The Labute approximate surface area is 208 Å². The van der Waals surface area contributed by atoms with Crippen LogP contribution in [0.25, 0.3) is 0 Å². The van der Waals surface area contributed by atoms with E-state index in [-0.39, 0.29) is 0 Å². The molecule has 4 atom stereocenters. The van der Waals surface area contributed by atoms with Gasteiger partial charge in [-0.05, 0) is 114 Å². The third kappa shape index (κ3) is 6.56. The number of hydrogen-bond donors (Lipinski definition) is 0. The molecule has 3 heteroatoms. The standard InChI is InChI=1S/C30H59N3/c1-10-18-31-19-12-15-26(31)30(8,9)23-24(2)33-21-13-16-27(33)29(6,7)17-22-32-20-11-14-25(32)28(3,4)5/h24-27H,10-23H2,1-9H3. The van der Waals surface area contributed by atoms with E-state index in [9.17, 15) is 0 Å². The summed E-state index contributed by atoms with van der Waals surface area (Å²) in [5.41, 5.74) is 1.20. The van der Waals surface area contributed by atoms with Crippen molar-refractivity contribution in [2.45, 2.75) is 144 Å². The Hall–Kier alpha value is -0.120. The molecule has 0 N–H and O–H groups in total. The zero-order valence-electron chi connectivity index (χ0n) is 24.1. The third-order valence-corrected chi connectivity index (χ3v) is 9.77. The molecule has 3 rings (SSSR count). The van der Waals surface area contributed by atoms with E-state index in [1.165, 1.54) is 90.5 Å². The topological polar surface area (TPSA) is 9.72 Å². The summed E-state index contributed by atoms with van der Waals surface area (Å²) >= 11 is 0. The van der Waals surface area contributed by atoms with Gasteiger partial charge in [0, 0.05) is 24.2 Å². The molecule has 0 saturated carbocycles. The van der Waals surface area contributed by atoms with Crippen LogP contribution in [0.1, 0.15) is 120 Å². The fraction of sp³-hybridized carbons (Fsp3) is 1.00. The molecule has 194 valence electrons. The van der Waals surface area contributed by atoms with Gasteiger partial charge in [-0.1, -0.05) is 55.4 Å². The van der Waals surface area contributed by atoms with Crippen LogP contribution in [-0.2, 0) is 0 Å². The molecule has 3 heterocycles. The van der Waals surface area contributed by atoms with Crippen molar-refractivity contribution in [2.24, 2.45) is 16.2 Å². The Morgan fingerprint density at radius 3 is 1.85 bits per heavy atom. The van der Waals surface area contributed by atoms with Crippen molar-refractivity contribution in [3.05, 3.63) is 0 Å². The van der Waals surface area contributed by atoms with Crippen molar-refractivity contribution in [2.75, 3.05) is 32.7 Å². The van der Waals surface area contributed by atoms with Crippen molar-refractivity contribution >= 4 is 0 Å². The number of nitrogens with zero attached hydrogens (tertiary/aromatic N) is 3. The van der Waals surface area contributed by atoms with Crippen molar-refractivity contribution in [3.63, 3.8) is 0 Å². The van der Waals surface area contributed by atoms with E-state index in [2.05, 4.69) is 77.0 Å². The van der Waals surface area contributed by atoms with Crippen molar-refractivity contribution in [1.82, 2.24) is 14.7 Å². The van der Waals surface area contributed by atoms with Crippen LogP contribution < -0.4 is 0 Å². The van der Waals surface area contributed by atoms with E-state index in [0.717, 1.165) is 18.1 Å². The lowest BCUT2D eigenvalue weighted by Gasteiger charge is -2.46. The molecule has 0 aliphatic carbocycles. The Morgan fingerprint density at radius 2 is 1.24 bits per heavy atom. The van der Waals surface area contributed by atoms with Crippen LogP contribution in [0.4, 0.5) is 0 Å². The summed E-state index contributed by atoms with van der Waals surface area (Å²) in [4.78, 5) is 8.57. The normalized spacial score (nSPS) is 29.9. The van der Waals surface area contributed by atoms with Gasteiger partial charge in [0.2, 0.25) is 0 Å². The van der Waals surface area contributed by atoms with Gasteiger partial charge in [0.05, 0.1) is 0 Å². The summed E-state index contributed by atoms with van der Waals surface area (Å²) < 4.78 is 0. The molecule has 0 bridgehead atoms. The highest BCUT2D eigenvalue weighted by atomic mass is 15.2. The average molecular weight is 462 g/mol. The first-order valence-corrected chi connectivity index (χ1v) is 14.6. The van der Waals surface area contributed by atoms with Gasteiger partial charge in [0.25, 0.3) is 0 Å². The first kappa shape index (κ1) is 27.5. The molecule has 3 aliphatic rings. The molecule has 33 heavy (non-hydrogen) atoms. The van der Waals surface area contributed by atoms with Crippen molar-refractivity contribution < 1.29 is 0 Å². The molecule has 3 nitrogen and oxygen atoms in total.